The number of piperidine rings is 2. The Bertz CT molecular complexity index is 416. The van der Waals surface area contributed by atoms with Crippen molar-refractivity contribution in [1.82, 2.24) is 9.80 Å². The number of hydrogen-bond donors (Lipinski definition) is 1. The zero-order valence-corrected chi connectivity index (χ0v) is 13.0. The van der Waals surface area contributed by atoms with Crippen LogP contribution in [0.1, 0.15) is 43.8 Å². The van der Waals surface area contributed by atoms with Crippen LogP contribution in [0.15, 0.2) is 30.3 Å². The van der Waals surface area contributed by atoms with Crippen LogP contribution in [0.4, 0.5) is 0 Å². The van der Waals surface area contributed by atoms with Crippen LogP contribution in [0.2, 0.25) is 0 Å². The largest absolute Gasteiger partial charge is 0.387 e. The SMILES string of the molecule is OC(CN1CCCC(N2CCCCC2)C1)c1ccccc1. The second-order valence-corrected chi connectivity index (χ2v) is 6.58. The Morgan fingerprint density at radius 2 is 1.76 bits per heavy atom. The first-order valence-corrected chi connectivity index (χ1v) is 8.52. The van der Waals surface area contributed by atoms with Gasteiger partial charge in [-0.1, -0.05) is 36.8 Å². The highest BCUT2D eigenvalue weighted by Gasteiger charge is 2.27. The van der Waals surface area contributed by atoms with Gasteiger partial charge in [0, 0.05) is 19.1 Å². The molecular weight excluding hydrogens is 260 g/mol. The summed E-state index contributed by atoms with van der Waals surface area (Å²) in [6.07, 6.45) is 6.37. The maximum atomic E-state index is 10.4. The third kappa shape index (κ3) is 4.06. The molecule has 3 rings (SSSR count). The lowest BCUT2D eigenvalue weighted by atomic mass is 10.00. The average molecular weight is 288 g/mol. The third-order valence-electron chi connectivity index (χ3n) is 5.00. The molecule has 2 aliphatic heterocycles. The second-order valence-electron chi connectivity index (χ2n) is 6.58. The molecule has 2 saturated heterocycles. The molecule has 2 unspecified atom stereocenters. The molecule has 21 heavy (non-hydrogen) atoms. The van der Waals surface area contributed by atoms with Gasteiger partial charge in [-0.25, -0.2) is 0 Å². The van der Waals surface area contributed by atoms with Crippen molar-refractivity contribution in [3.05, 3.63) is 35.9 Å². The molecule has 2 aliphatic rings. The quantitative estimate of drug-likeness (QED) is 0.923. The molecule has 2 fully saturated rings. The van der Waals surface area contributed by atoms with Gasteiger partial charge in [0.05, 0.1) is 6.10 Å². The van der Waals surface area contributed by atoms with Gasteiger partial charge in [-0.3, -0.25) is 9.80 Å². The minimum absolute atomic E-state index is 0.355. The predicted molar refractivity (Wildman–Crippen MR) is 86.3 cm³/mol. The molecule has 0 saturated carbocycles. The molecule has 0 aliphatic carbocycles. The van der Waals surface area contributed by atoms with E-state index in [1.165, 1.54) is 45.2 Å². The molecule has 1 aromatic carbocycles. The van der Waals surface area contributed by atoms with E-state index < -0.39 is 0 Å². The molecule has 3 heteroatoms. The maximum Gasteiger partial charge on any atom is 0.0916 e. The Balaban J connectivity index is 1.53. The molecule has 0 aromatic heterocycles. The molecule has 1 N–H and O–H groups in total. The molecule has 0 radical (unpaired) electrons. The number of aliphatic hydroxyl groups is 1. The fourth-order valence-electron chi connectivity index (χ4n) is 3.80. The normalized spacial score (nSPS) is 26.6. The Kier molecular flexibility index (Phi) is 5.28. The Morgan fingerprint density at radius 3 is 2.52 bits per heavy atom. The zero-order chi connectivity index (χ0) is 14.5. The van der Waals surface area contributed by atoms with Crippen LogP contribution in [0.3, 0.4) is 0 Å². The van der Waals surface area contributed by atoms with Crippen LogP contribution in [-0.4, -0.2) is 53.7 Å². The summed E-state index contributed by atoms with van der Waals surface area (Å²) in [7, 11) is 0. The summed E-state index contributed by atoms with van der Waals surface area (Å²) < 4.78 is 0. The molecule has 2 heterocycles. The van der Waals surface area contributed by atoms with Gasteiger partial charge in [0.2, 0.25) is 0 Å². The van der Waals surface area contributed by atoms with Crippen LogP contribution in [0.25, 0.3) is 0 Å². The van der Waals surface area contributed by atoms with Gasteiger partial charge >= 0.3 is 0 Å². The van der Waals surface area contributed by atoms with Crippen LogP contribution >= 0.6 is 0 Å². The van der Waals surface area contributed by atoms with Crippen molar-refractivity contribution >= 4 is 0 Å². The first-order chi connectivity index (χ1) is 10.3. The van der Waals surface area contributed by atoms with Crippen molar-refractivity contribution in [2.45, 2.75) is 44.2 Å². The first kappa shape index (κ1) is 15.0. The summed E-state index contributed by atoms with van der Waals surface area (Å²) in [5.74, 6) is 0. The van der Waals surface area contributed by atoms with Gasteiger partial charge in [-0.05, 0) is 50.9 Å². The van der Waals surface area contributed by atoms with E-state index in [1.54, 1.807) is 0 Å². The number of nitrogens with zero attached hydrogens (tertiary/aromatic N) is 2. The predicted octanol–water partition coefficient (Wildman–Crippen LogP) is 2.67. The molecule has 0 bridgehead atoms. The molecule has 2 atom stereocenters. The van der Waals surface area contributed by atoms with Crippen LogP contribution in [0, 0.1) is 0 Å². The first-order valence-electron chi connectivity index (χ1n) is 8.52. The zero-order valence-electron chi connectivity index (χ0n) is 13.0. The van der Waals surface area contributed by atoms with Crippen molar-refractivity contribution in [1.29, 1.82) is 0 Å². The number of β-amino-alcohol motifs (C(OH)–C–C–N with tert-alkyl or cyclic N) is 1. The lowest BCUT2D eigenvalue weighted by Gasteiger charge is -2.41. The number of likely N-dealkylation sites (tertiary alicyclic amines) is 2. The summed E-state index contributed by atoms with van der Waals surface area (Å²) in [6.45, 7) is 5.59. The number of rotatable bonds is 4. The van der Waals surface area contributed by atoms with E-state index in [9.17, 15) is 5.11 Å². The van der Waals surface area contributed by atoms with Crippen LogP contribution < -0.4 is 0 Å². The van der Waals surface area contributed by atoms with E-state index in [0.717, 1.165) is 25.2 Å². The van der Waals surface area contributed by atoms with E-state index in [2.05, 4.69) is 9.80 Å². The lowest BCUT2D eigenvalue weighted by molar-refractivity contribution is 0.0500. The molecule has 116 valence electrons. The van der Waals surface area contributed by atoms with Crippen LogP contribution in [0.5, 0.6) is 0 Å². The smallest absolute Gasteiger partial charge is 0.0916 e. The lowest BCUT2D eigenvalue weighted by Crippen LogP contribution is -2.50. The number of hydrogen-bond acceptors (Lipinski definition) is 3. The van der Waals surface area contributed by atoms with E-state index in [-0.39, 0.29) is 6.10 Å². The molecule has 1 aromatic rings. The number of aliphatic hydroxyl groups excluding tert-OH is 1. The molecule has 0 spiro atoms. The van der Waals surface area contributed by atoms with Crippen molar-refractivity contribution in [2.75, 3.05) is 32.7 Å². The fraction of sp³-hybridized carbons (Fsp3) is 0.667. The highest BCUT2D eigenvalue weighted by atomic mass is 16.3. The minimum atomic E-state index is -0.355. The van der Waals surface area contributed by atoms with Crippen molar-refractivity contribution in [3.63, 3.8) is 0 Å². The summed E-state index contributed by atoms with van der Waals surface area (Å²) >= 11 is 0. The van der Waals surface area contributed by atoms with Gasteiger partial charge in [0.15, 0.2) is 0 Å². The van der Waals surface area contributed by atoms with E-state index in [1.807, 2.05) is 30.3 Å². The second kappa shape index (κ2) is 7.39. The molecule has 0 amide bonds. The maximum absolute atomic E-state index is 10.4. The Morgan fingerprint density at radius 1 is 1.00 bits per heavy atom. The molecular formula is C18H28N2O. The fourth-order valence-corrected chi connectivity index (χ4v) is 3.80. The van der Waals surface area contributed by atoms with Gasteiger partial charge < -0.3 is 5.11 Å². The summed E-state index contributed by atoms with van der Waals surface area (Å²) in [5, 5.41) is 10.4. The third-order valence-corrected chi connectivity index (χ3v) is 5.00. The highest BCUT2D eigenvalue weighted by Crippen LogP contribution is 2.22. The van der Waals surface area contributed by atoms with E-state index in [4.69, 9.17) is 0 Å². The Labute approximate surface area is 128 Å². The van der Waals surface area contributed by atoms with Crippen molar-refractivity contribution < 1.29 is 5.11 Å². The van der Waals surface area contributed by atoms with E-state index >= 15 is 0 Å². The van der Waals surface area contributed by atoms with E-state index in [0.29, 0.717) is 6.04 Å². The van der Waals surface area contributed by atoms with Crippen molar-refractivity contribution in [3.8, 4) is 0 Å². The monoisotopic (exact) mass is 288 g/mol. The minimum Gasteiger partial charge on any atom is -0.387 e. The number of benzene rings is 1. The topological polar surface area (TPSA) is 26.7 Å². The van der Waals surface area contributed by atoms with Gasteiger partial charge in [-0.15, -0.1) is 0 Å². The molecule has 3 nitrogen and oxygen atoms in total. The summed E-state index contributed by atoms with van der Waals surface area (Å²) in [5.41, 5.74) is 1.04. The van der Waals surface area contributed by atoms with Crippen molar-refractivity contribution in [2.24, 2.45) is 0 Å². The van der Waals surface area contributed by atoms with Gasteiger partial charge in [0.25, 0.3) is 0 Å². The standard InChI is InChI=1S/C18H28N2O/c21-18(16-8-3-1-4-9-16)15-19-11-7-10-17(14-19)20-12-5-2-6-13-20/h1,3-4,8-9,17-18,21H,2,5-7,10-15H2. The Hall–Kier alpha value is -0.900. The highest BCUT2D eigenvalue weighted by molar-refractivity contribution is 5.17. The average Bonchev–Trinajstić information content (AvgIpc) is 2.57. The summed E-state index contributed by atoms with van der Waals surface area (Å²) in [4.78, 5) is 5.14. The van der Waals surface area contributed by atoms with Gasteiger partial charge in [0.1, 0.15) is 0 Å². The summed E-state index contributed by atoms with van der Waals surface area (Å²) in [6, 6.07) is 10.8. The van der Waals surface area contributed by atoms with Crippen LogP contribution in [-0.2, 0) is 0 Å². The van der Waals surface area contributed by atoms with Gasteiger partial charge in [-0.2, -0.15) is 0 Å².